The van der Waals surface area contributed by atoms with Gasteiger partial charge in [0.25, 0.3) is 11.8 Å². The fourth-order valence-electron chi connectivity index (χ4n) is 2.11. The van der Waals surface area contributed by atoms with E-state index in [1.165, 1.54) is 19.1 Å². The third kappa shape index (κ3) is 3.84. The summed E-state index contributed by atoms with van der Waals surface area (Å²) < 4.78 is 10.3. The van der Waals surface area contributed by atoms with Gasteiger partial charge in [0.1, 0.15) is 0 Å². The van der Waals surface area contributed by atoms with Crippen LogP contribution in [0.4, 0.5) is 5.69 Å². The number of rotatable bonds is 5. The molecule has 0 atom stereocenters. The predicted molar refractivity (Wildman–Crippen MR) is 90.8 cm³/mol. The van der Waals surface area contributed by atoms with Gasteiger partial charge in [-0.1, -0.05) is 0 Å². The molecule has 0 aliphatic heterocycles. The number of anilines is 1. The van der Waals surface area contributed by atoms with Gasteiger partial charge in [0.05, 0.1) is 14.2 Å². The van der Waals surface area contributed by atoms with Gasteiger partial charge < -0.3 is 19.7 Å². The molecule has 0 aliphatic carbocycles. The Bertz CT molecular complexity index is 756. The maximum atomic E-state index is 12.4. The fourth-order valence-corrected chi connectivity index (χ4v) is 2.11. The first-order valence-corrected chi connectivity index (χ1v) is 7.22. The van der Waals surface area contributed by atoms with Crippen LogP contribution in [-0.2, 0) is 0 Å². The molecule has 2 aromatic rings. The lowest BCUT2D eigenvalue weighted by Crippen LogP contribution is -2.22. The number of hydrogen-bond acceptors (Lipinski definition) is 4. The van der Waals surface area contributed by atoms with Crippen molar-refractivity contribution in [1.29, 1.82) is 0 Å². The lowest BCUT2D eigenvalue weighted by Gasteiger charge is -2.12. The molecule has 0 aromatic heterocycles. The molecular weight excluding hydrogens is 308 g/mol. The molecule has 0 saturated heterocycles. The molecule has 0 saturated carbocycles. The van der Waals surface area contributed by atoms with Gasteiger partial charge in [-0.15, -0.1) is 0 Å². The molecule has 2 amide bonds. The van der Waals surface area contributed by atoms with Gasteiger partial charge in [-0.25, -0.2) is 0 Å². The number of nitrogens with one attached hydrogen (secondary N) is 1. The number of ether oxygens (including phenoxy) is 2. The average molecular weight is 327 g/mol. The van der Waals surface area contributed by atoms with Crippen molar-refractivity contribution in [3.05, 3.63) is 53.6 Å². The van der Waals surface area contributed by atoms with Crippen LogP contribution in [0.1, 0.15) is 20.7 Å². The minimum Gasteiger partial charge on any atom is -0.493 e. The second kappa shape index (κ2) is 7.50. The average Bonchev–Trinajstić information content (AvgIpc) is 2.60. The van der Waals surface area contributed by atoms with E-state index in [9.17, 15) is 9.59 Å². The summed E-state index contributed by atoms with van der Waals surface area (Å²) in [5.74, 6) is 0.529. The van der Waals surface area contributed by atoms with Crippen LogP contribution in [0.25, 0.3) is 0 Å². The van der Waals surface area contributed by atoms with E-state index in [-0.39, 0.29) is 11.8 Å². The molecule has 0 unspecified atom stereocenters. The van der Waals surface area contributed by atoms with E-state index in [1.54, 1.807) is 50.5 Å². The number of amides is 2. The topological polar surface area (TPSA) is 67.9 Å². The van der Waals surface area contributed by atoms with Crippen LogP contribution in [-0.4, -0.2) is 45.0 Å². The second-order valence-electron chi connectivity index (χ2n) is 5.23. The van der Waals surface area contributed by atoms with E-state index < -0.39 is 0 Å². The Morgan fingerprint density at radius 2 is 1.71 bits per heavy atom. The van der Waals surface area contributed by atoms with Gasteiger partial charge in [0, 0.05) is 30.9 Å². The Morgan fingerprint density at radius 3 is 2.33 bits per heavy atom. The Balaban J connectivity index is 2.21. The van der Waals surface area contributed by atoms with Crippen molar-refractivity contribution in [3.63, 3.8) is 0 Å². The van der Waals surface area contributed by atoms with Crippen molar-refractivity contribution in [3.8, 4) is 11.5 Å². The minimum atomic E-state index is -0.321. The van der Waals surface area contributed by atoms with Crippen molar-refractivity contribution in [1.82, 2.24) is 4.90 Å². The molecular formula is C18H19N2O4. The van der Waals surface area contributed by atoms with E-state index >= 15 is 0 Å². The molecule has 1 N–H and O–H groups in total. The summed E-state index contributed by atoms with van der Waals surface area (Å²) in [6, 6.07) is 12.5. The molecule has 6 heteroatoms. The highest BCUT2D eigenvalue weighted by atomic mass is 16.5. The first-order chi connectivity index (χ1) is 11.5. The second-order valence-corrected chi connectivity index (χ2v) is 5.23. The van der Waals surface area contributed by atoms with Gasteiger partial charge in [-0.05, 0) is 42.5 Å². The molecule has 0 heterocycles. The van der Waals surface area contributed by atoms with Crippen molar-refractivity contribution in [2.45, 2.75) is 0 Å². The molecule has 2 rings (SSSR count). The van der Waals surface area contributed by atoms with Crippen LogP contribution >= 0.6 is 0 Å². The van der Waals surface area contributed by atoms with Gasteiger partial charge in [0.2, 0.25) is 0 Å². The normalized spacial score (nSPS) is 10.0. The Morgan fingerprint density at radius 1 is 1.00 bits per heavy atom. The van der Waals surface area contributed by atoms with Crippen LogP contribution < -0.4 is 14.8 Å². The summed E-state index contributed by atoms with van der Waals surface area (Å²) in [6.07, 6.45) is 0. The van der Waals surface area contributed by atoms with Crippen molar-refractivity contribution in [2.75, 3.05) is 33.6 Å². The van der Waals surface area contributed by atoms with Crippen molar-refractivity contribution >= 4 is 17.5 Å². The fraction of sp³-hybridized carbons (Fsp3) is 0.222. The van der Waals surface area contributed by atoms with E-state index in [4.69, 9.17) is 9.47 Å². The lowest BCUT2D eigenvalue weighted by molar-refractivity contribution is 0.0827. The van der Waals surface area contributed by atoms with Crippen LogP contribution in [0.2, 0.25) is 0 Å². The summed E-state index contributed by atoms with van der Waals surface area (Å²) >= 11 is 0. The Hall–Kier alpha value is -3.02. The first-order valence-electron chi connectivity index (χ1n) is 7.22. The molecule has 2 aromatic carbocycles. The summed E-state index contributed by atoms with van der Waals surface area (Å²) in [7, 11) is 6.36. The quantitative estimate of drug-likeness (QED) is 0.916. The largest absolute Gasteiger partial charge is 0.493 e. The molecule has 24 heavy (non-hydrogen) atoms. The standard InChI is InChI=1S/C18H19N2O4/c1-20(2)18(22)13-6-5-7-14(10-13)19-17(21)12-8-9-15(23-3)16(11-12)24-4/h6-11H,1-4H3,(H,19,21). The molecule has 6 nitrogen and oxygen atoms in total. The Labute approximate surface area is 141 Å². The van der Waals surface area contributed by atoms with Crippen molar-refractivity contribution in [2.24, 2.45) is 0 Å². The molecule has 0 bridgehead atoms. The van der Waals surface area contributed by atoms with Gasteiger partial charge >= 0.3 is 0 Å². The minimum absolute atomic E-state index is 0.159. The van der Waals surface area contributed by atoms with Crippen LogP contribution in [0.5, 0.6) is 11.5 Å². The van der Waals surface area contributed by atoms with Gasteiger partial charge in [0.15, 0.2) is 11.5 Å². The van der Waals surface area contributed by atoms with Crippen molar-refractivity contribution < 1.29 is 19.1 Å². The molecule has 0 aliphatic rings. The monoisotopic (exact) mass is 327 g/mol. The lowest BCUT2D eigenvalue weighted by atomic mass is 10.1. The van der Waals surface area contributed by atoms with E-state index in [0.29, 0.717) is 28.3 Å². The zero-order valence-corrected chi connectivity index (χ0v) is 14.0. The van der Waals surface area contributed by atoms with Gasteiger partial charge in [-0.3, -0.25) is 9.59 Å². The molecule has 0 fully saturated rings. The number of benzene rings is 2. The number of carbonyl (C=O) groups is 2. The zero-order chi connectivity index (χ0) is 17.7. The number of carbonyl (C=O) groups excluding carboxylic acids is 2. The van der Waals surface area contributed by atoms with Crippen LogP contribution in [0.3, 0.4) is 0 Å². The van der Waals surface area contributed by atoms with Crippen LogP contribution in [0.15, 0.2) is 36.4 Å². The Kier molecular flexibility index (Phi) is 5.42. The SMILES string of the molecule is COc1ccc(C(=O)Nc2c[c]cc(C(=O)N(C)C)c2)cc1OC. The first kappa shape index (κ1) is 17.3. The van der Waals surface area contributed by atoms with Crippen LogP contribution in [0, 0.1) is 6.07 Å². The maximum Gasteiger partial charge on any atom is 0.255 e. The predicted octanol–water partition coefficient (Wildman–Crippen LogP) is 2.46. The third-order valence-corrected chi connectivity index (χ3v) is 3.35. The highest BCUT2D eigenvalue weighted by molar-refractivity contribution is 6.05. The van der Waals surface area contributed by atoms with E-state index in [1.807, 2.05) is 0 Å². The third-order valence-electron chi connectivity index (χ3n) is 3.35. The number of hydrogen-bond donors (Lipinski definition) is 1. The highest BCUT2D eigenvalue weighted by Gasteiger charge is 2.13. The number of methoxy groups -OCH3 is 2. The molecule has 0 spiro atoms. The smallest absolute Gasteiger partial charge is 0.255 e. The summed E-state index contributed by atoms with van der Waals surface area (Å²) in [5, 5.41) is 2.74. The number of nitrogens with zero attached hydrogens (tertiary/aromatic N) is 1. The van der Waals surface area contributed by atoms with Gasteiger partial charge in [-0.2, -0.15) is 0 Å². The van der Waals surface area contributed by atoms with E-state index in [2.05, 4.69) is 11.4 Å². The summed E-state index contributed by atoms with van der Waals surface area (Å²) in [5.41, 5.74) is 1.35. The summed E-state index contributed by atoms with van der Waals surface area (Å²) in [6.45, 7) is 0. The summed E-state index contributed by atoms with van der Waals surface area (Å²) in [4.78, 5) is 25.8. The maximum absolute atomic E-state index is 12.4. The molecule has 125 valence electrons. The highest BCUT2D eigenvalue weighted by Crippen LogP contribution is 2.27. The zero-order valence-electron chi connectivity index (χ0n) is 14.0. The van der Waals surface area contributed by atoms with E-state index in [0.717, 1.165) is 0 Å². The molecule has 1 radical (unpaired) electrons.